The lowest BCUT2D eigenvalue weighted by atomic mass is 10.0. The molecule has 2 amide bonds. The molecule has 0 aromatic carbocycles. The first-order valence-corrected chi connectivity index (χ1v) is 9.02. The van der Waals surface area contributed by atoms with Gasteiger partial charge < -0.3 is 21.7 Å². The molecule has 2 atom stereocenters. The van der Waals surface area contributed by atoms with E-state index < -0.39 is 0 Å². The lowest BCUT2D eigenvalue weighted by Gasteiger charge is -2.21. The number of pyridine rings is 2. The predicted molar refractivity (Wildman–Crippen MR) is 104 cm³/mol. The second-order valence-corrected chi connectivity index (χ2v) is 6.81. The highest BCUT2D eigenvalue weighted by Crippen LogP contribution is 2.30. The first-order valence-electron chi connectivity index (χ1n) is 8.64. The van der Waals surface area contributed by atoms with E-state index in [4.69, 9.17) is 17.3 Å². The Bertz CT molecular complexity index is 842. The highest BCUT2D eigenvalue weighted by molar-refractivity contribution is 6.30. The van der Waals surface area contributed by atoms with Crippen molar-refractivity contribution in [3.63, 3.8) is 0 Å². The van der Waals surface area contributed by atoms with E-state index in [1.165, 1.54) is 12.4 Å². The van der Waals surface area contributed by atoms with Crippen LogP contribution >= 0.6 is 11.6 Å². The molecule has 142 valence electrons. The van der Waals surface area contributed by atoms with Crippen molar-refractivity contribution in [3.05, 3.63) is 41.2 Å². The van der Waals surface area contributed by atoms with E-state index in [9.17, 15) is 9.59 Å². The van der Waals surface area contributed by atoms with Crippen LogP contribution in [0.4, 0.5) is 17.3 Å². The van der Waals surface area contributed by atoms with Crippen LogP contribution in [0.5, 0.6) is 0 Å². The van der Waals surface area contributed by atoms with E-state index in [1.54, 1.807) is 25.2 Å². The van der Waals surface area contributed by atoms with Crippen molar-refractivity contribution in [2.75, 3.05) is 17.7 Å². The second-order valence-electron chi connectivity index (χ2n) is 6.37. The van der Waals surface area contributed by atoms with Gasteiger partial charge in [-0.3, -0.25) is 9.59 Å². The summed E-state index contributed by atoms with van der Waals surface area (Å²) in [6.07, 6.45) is 5.47. The van der Waals surface area contributed by atoms with Crippen LogP contribution in [0, 0.1) is 5.92 Å². The van der Waals surface area contributed by atoms with Crippen LogP contribution in [-0.4, -0.2) is 34.9 Å². The Balaban J connectivity index is 1.87. The van der Waals surface area contributed by atoms with Gasteiger partial charge in [-0.1, -0.05) is 18.0 Å². The van der Waals surface area contributed by atoms with Gasteiger partial charge in [0.05, 0.1) is 22.2 Å². The Kier molecular flexibility index (Phi) is 5.75. The summed E-state index contributed by atoms with van der Waals surface area (Å²) in [5.74, 6) is 0.221. The predicted octanol–water partition coefficient (Wildman–Crippen LogP) is 2.30. The third kappa shape index (κ3) is 4.46. The van der Waals surface area contributed by atoms with Crippen molar-refractivity contribution in [3.8, 4) is 0 Å². The third-order valence-electron chi connectivity index (χ3n) is 4.58. The Labute approximate surface area is 161 Å². The van der Waals surface area contributed by atoms with Gasteiger partial charge in [0.2, 0.25) is 5.91 Å². The number of amides is 2. The molecule has 0 aliphatic heterocycles. The fourth-order valence-corrected chi connectivity index (χ4v) is 3.32. The van der Waals surface area contributed by atoms with Gasteiger partial charge in [0.1, 0.15) is 11.6 Å². The van der Waals surface area contributed by atoms with Gasteiger partial charge in [-0.25, -0.2) is 9.97 Å². The number of nitrogens with two attached hydrogens (primary N) is 1. The van der Waals surface area contributed by atoms with E-state index in [-0.39, 0.29) is 23.8 Å². The van der Waals surface area contributed by atoms with Crippen molar-refractivity contribution in [2.24, 2.45) is 11.7 Å². The number of halogens is 1. The molecule has 8 nitrogen and oxygen atoms in total. The van der Waals surface area contributed by atoms with Gasteiger partial charge in [0.25, 0.3) is 5.91 Å². The molecule has 9 heteroatoms. The van der Waals surface area contributed by atoms with Gasteiger partial charge in [-0.05, 0) is 25.0 Å². The number of carbonyl (C=O) groups is 2. The largest absolute Gasteiger partial charge is 0.381 e. The number of anilines is 3. The molecule has 2 aromatic rings. The summed E-state index contributed by atoms with van der Waals surface area (Å²) in [5.41, 5.74) is 6.48. The number of carbonyl (C=O) groups excluding carboxylic acids is 2. The number of aromatic nitrogens is 2. The average Bonchev–Trinajstić information content (AvgIpc) is 3.12. The molecule has 0 radical (unpaired) electrons. The van der Waals surface area contributed by atoms with Crippen molar-refractivity contribution in [1.82, 2.24) is 15.3 Å². The second kappa shape index (κ2) is 8.22. The Morgan fingerprint density at radius 2 is 1.96 bits per heavy atom. The summed E-state index contributed by atoms with van der Waals surface area (Å²) < 4.78 is 0. The Morgan fingerprint density at radius 3 is 2.63 bits per heavy atom. The van der Waals surface area contributed by atoms with Gasteiger partial charge in [-0.2, -0.15) is 0 Å². The van der Waals surface area contributed by atoms with E-state index in [2.05, 4.69) is 25.9 Å². The molecule has 27 heavy (non-hydrogen) atoms. The van der Waals surface area contributed by atoms with Crippen molar-refractivity contribution >= 4 is 40.7 Å². The maximum Gasteiger partial charge on any atom is 0.254 e. The highest BCUT2D eigenvalue weighted by Gasteiger charge is 2.32. The number of rotatable bonds is 6. The minimum Gasteiger partial charge on any atom is -0.381 e. The van der Waals surface area contributed by atoms with Crippen LogP contribution in [0.15, 0.2) is 30.6 Å². The molecule has 0 bridgehead atoms. The van der Waals surface area contributed by atoms with Crippen molar-refractivity contribution in [2.45, 2.75) is 25.3 Å². The van der Waals surface area contributed by atoms with E-state index in [1.807, 2.05) is 0 Å². The zero-order valence-corrected chi connectivity index (χ0v) is 15.6. The third-order valence-corrected chi connectivity index (χ3v) is 4.81. The molecule has 0 saturated heterocycles. The van der Waals surface area contributed by atoms with E-state index in [0.29, 0.717) is 27.9 Å². The molecule has 2 heterocycles. The minimum absolute atomic E-state index is 0.116. The van der Waals surface area contributed by atoms with Crippen molar-refractivity contribution < 1.29 is 9.59 Å². The van der Waals surface area contributed by atoms with E-state index >= 15 is 0 Å². The topological polar surface area (TPSA) is 122 Å². The quantitative estimate of drug-likeness (QED) is 0.602. The van der Waals surface area contributed by atoms with Crippen molar-refractivity contribution in [1.29, 1.82) is 0 Å². The van der Waals surface area contributed by atoms with Crippen LogP contribution in [0.25, 0.3) is 0 Å². The van der Waals surface area contributed by atoms with Crippen LogP contribution in [0.1, 0.15) is 29.6 Å². The van der Waals surface area contributed by atoms with Crippen LogP contribution in [-0.2, 0) is 4.79 Å². The van der Waals surface area contributed by atoms with Crippen LogP contribution in [0.2, 0.25) is 5.02 Å². The first kappa shape index (κ1) is 18.9. The zero-order chi connectivity index (χ0) is 19.4. The molecule has 3 rings (SSSR count). The van der Waals surface area contributed by atoms with Crippen LogP contribution in [0.3, 0.4) is 0 Å². The Morgan fingerprint density at radius 1 is 1.19 bits per heavy atom. The summed E-state index contributed by atoms with van der Waals surface area (Å²) in [4.78, 5) is 32.3. The molecular weight excluding hydrogens is 368 g/mol. The fourth-order valence-electron chi connectivity index (χ4n) is 3.21. The smallest absolute Gasteiger partial charge is 0.254 e. The molecule has 1 saturated carbocycles. The van der Waals surface area contributed by atoms with Gasteiger partial charge >= 0.3 is 0 Å². The maximum atomic E-state index is 12.2. The SMILES string of the molecule is CNC(=O)c1cnc(Nc2ccc(Cl)cn2)cc1NC1CCC[C@@H]1C(N)=O. The average molecular weight is 389 g/mol. The first-order chi connectivity index (χ1) is 13.0. The normalized spacial score (nSPS) is 18.7. The number of hydrogen-bond acceptors (Lipinski definition) is 6. The lowest BCUT2D eigenvalue weighted by Crippen LogP contribution is -2.35. The highest BCUT2D eigenvalue weighted by atomic mass is 35.5. The van der Waals surface area contributed by atoms with Gasteiger partial charge in [-0.15, -0.1) is 0 Å². The molecular formula is C18H21ClN6O2. The molecule has 1 aliphatic carbocycles. The standard InChI is InChI=1S/C18H21ClN6O2/c1-21-18(27)12-9-23-16(25-15-6-5-10(19)8-22-15)7-14(12)24-13-4-2-3-11(13)17(20)26/h5-9,11,13H,2-4H2,1H3,(H2,20,26)(H,21,27)(H2,22,23,24,25)/t11-,13?/m0/s1. The summed E-state index contributed by atoms with van der Waals surface area (Å²) in [6, 6.07) is 5.04. The number of nitrogens with zero attached hydrogens (tertiary/aromatic N) is 2. The maximum absolute atomic E-state index is 12.2. The summed E-state index contributed by atoms with van der Waals surface area (Å²) >= 11 is 5.85. The molecule has 2 aromatic heterocycles. The molecule has 1 aliphatic rings. The number of hydrogen-bond donors (Lipinski definition) is 4. The number of primary amides is 1. The summed E-state index contributed by atoms with van der Waals surface area (Å²) in [5, 5.41) is 9.51. The Hall–Kier alpha value is -2.87. The lowest BCUT2D eigenvalue weighted by molar-refractivity contribution is -0.121. The monoisotopic (exact) mass is 388 g/mol. The molecule has 1 fully saturated rings. The zero-order valence-electron chi connectivity index (χ0n) is 14.8. The number of nitrogens with one attached hydrogen (secondary N) is 3. The molecule has 0 spiro atoms. The van der Waals surface area contributed by atoms with Gasteiger partial charge in [0, 0.05) is 31.5 Å². The van der Waals surface area contributed by atoms with Gasteiger partial charge in [0.15, 0.2) is 0 Å². The summed E-state index contributed by atoms with van der Waals surface area (Å²) in [6.45, 7) is 0. The molecule has 1 unspecified atom stereocenters. The minimum atomic E-state index is -0.329. The van der Waals surface area contributed by atoms with E-state index in [0.717, 1.165) is 19.3 Å². The fraction of sp³-hybridized carbons (Fsp3) is 0.333. The molecule has 5 N–H and O–H groups in total. The van der Waals surface area contributed by atoms with Crippen LogP contribution < -0.4 is 21.7 Å². The summed E-state index contributed by atoms with van der Waals surface area (Å²) in [7, 11) is 1.55.